The Bertz CT molecular complexity index is 424. The van der Waals surface area contributed by atoms with Gasteiger partial charge in [-0.3, -0.25) is 0 Å². The van der Waals surface area contributed by atoms with E-state index in [1.165, 1.54) is 19.6 Å². The molecule has 0 aromatic carbocycles. The van der Waals surface area contributed by atoms with Crippen LogP contribution in [0.15, 0.2) is 27.5 Å². The Hall–Kier alpha value is -1.66. The molecule has 0 radical (unpaired) electrons. The van der Waals surface area contributed by atoms with E-state index in [4.69, 9.17) is 13.7 Å². The largest absolute Gasteiger partial charge is 0.472 e. The molecule has 86 valence electrons. The average molecular weight is 224 g/mol. The van der Waals surface area contributed by atoms with Crippen LogP contribution in [0.25, 0.3) is 11.4 Å². The quantitative estimate of drug-likeness (QED) is 0.811. The Kier molecular flexibility index (Phi) is 3.33. The normalized spacial score (nSPS) is 12.9. The zero-order valence-electron chi connectivity index (χ0n) is 8.79. The van der Waals surface area contributed by atoms with E-state index in [9.17, 15) is 5.11 Å². The first-order chi connectivity index (χ1) is 7.79. The molecule has 0 aliphatic rings. The van der Waals surface area contributed by atoms with E-state index < -0.39 is 6.10 Å². The van der Waals surface area contributed by atoms with E-state index in [1.54, 1.807) is 6.07 Å². The first-order valence-electron chi connectivity index (χ1n) is 4.81. The second kappa shape index (κ2) is 4.91. The Morgan fingerprint density at radius 3 is 3.12 bits per heavy atom. The van der Waals surface area contributed by atoms with Crippen molar-refractivity contribution in [1.82, 2.24) is 10.1 Å². The maximum atomic E-state index is 9.47. The molecule has 0 fully saturated rings. The van der Waals surface area contributed by atoms with E-state index in [0.717, 1.165) is 5.56 Å². The first kappa shape index (κ1) is 10.8. The minimum absolute atomic E-state index is 0.240. The van der Waals surface area contributed by atoms with Gasteiger partial charge >= 0.3 is 0 Å². The predicted octanol–water partition coefficient (Wildman–Crippen LogP) is 0.879. The fraction of sp³-hybridized carbons (Fsp3) is 0.400. The summed E-state index contributed by atoms with van der Waals surface area (Å²) >= 11 is 0. The number of ether oxygens (including phenoxy) is 1. The fourth-order valence-electron chi connectivity index (χ4n) is 1.30. The smallest absolute Gasteiger partial charge is 0.229 e. The van der Waals surface area contributed by atoms with E-state index in [2.05, 4.69) is 10.1 Å². The number of aliphatic hydroxyl groups excluding tert-OH is 1. The minimum atomic E-state index is -0.636. The zero-order valence-corrected chi connectivity index (χ0v) is 8.79. The van der Waals surface area contributed by atoms with Gasteiger partial charge in [-0.2, -0.15) is 4.98 Å². The number of methoxy groups -OCH3 is 1. The van der Waals surface area contributed by atoms with E-state index in [-0.39, 0.29) is 13.0 Å². The predicted molar refractivity (Wildman–Crippen MR) is 53.6 cm³/mol. The van der Waals surface area contributed by atoms with E-state index >= 15 is 0 Å². The molecule has 0 amide bonds. The van der Waals surface area contributed by atoms with Crippen LogP contribution in [-0.4, -0.2) is 35.1 Å². The lowest BCUT2D eigenvalue weighted by molar-refractivity contribution is 0.0599. The van der Waals surface area contributed by atoms with Crippen LogP contribution in [0.1, 0.15) is 5.89 Å². The fourth-order valence-corrected chi connectivity index (χ4v) is 1.30. The van der Waals surface area contributed by atoms with Crippen LogP contribution in [0.2, 0.25) is 0 Å². The molecule has 2 aromatic heterocycles. The van der Waals surface area contributed by atoms with Gasteiger partial charge in [-0.15, -0.1) is 0 Å². The van der Waals surface area contributed by atoms with Gasteiger partial charge in [-0.05, 0) is 6.07 Å². The van der Waals surface area contributed by atoms with Crippen molar-refractivity contribution in [3.05, 3.63) is 24.5 Å². The molecule has 2 aromatic rings. The summed E-state index contributed by atoms with van der Waals surface area (Å²) < 4.78 is 14.7. The highest BCUT2D eigenvalue weighted by Crippen LogP contribution is 2.16. The summed E-state index contributed by atoms with van der Waals surface area (Å²) in [6.07, 6.45) is 2.70. The van der Waals surface area contributed by atoms with Crippen molar-refractivity contribution in [3.8, 4) is 11.4 Å². The second-order valence-corrected chi connectivity index (χ2v) is 3.34. The summed E-state index contributed by atoms with van der Waals surface area (Å²) in [6.45, 7) is 0.240. The van der Waals surface area contributed by atoms with Crippen molar-refractivity contribution in [2.75, 3.05) is 13.7 Å². The summed E-state index contributed by atoms with van der Waals surface area (Å²) in [5.74, 6) is 0.828. The van der Waals surface area contributed by atoms with Crippen molar-refractivity contribution >= 4 is 0 Å². The molecule has 0 spiro atoms. The second-order valence-electron chi connectivity index (χ2n) is 3.34. The summed E-state index contributed by atoms with van der Waals surface area (Å²) in [6, 6.07) is 1.74. The maximum Gasteiger partial charge on any atom is 0.229 e. The van der Waals surface area contributed by atoms with E-state index in [0.29, 0.717) is 11.7 Å². The highest BCUT2D eigenvalue weighted by atomic mass is 16.5. The van der Waals surface area contributed by atoms with Crippen LogP contribution in [0.4, 0.5) is 0 Å². The monoisotopic (exact) mass is 224 g/mol. The Labute approximate surface area is 91.8 Å². The van der Waals surface area contributed by atoms with Crippen molar-refractivity contribution in [1.29, 1.82) is 0 Å². The molecule has 1 atom stereocenters. The molecule has 16 heavy (non-hydrogen) atoms. The highest BCUT2D eigenvalue weighted by molar-refractivity contribution is 5.51. The van der Waals surface area contributed by atoms with Gasteiger partial charge in [0.05, 0.1) is 31.0 Å². The molecule has 1 unspecified atom stereocenters. The number of hydrogen-bond donors (Lipinski definition) is 1. The third kappa shape index (κ3) is 2.47. The lowest BCUT2D eigenvalue weighted by atomic mass is 10.2. The average Bonchev–Trinajstić information content (AvgIpc) is 2.86. The van der Waals surface area contributed by atoms with Gasteiger partial charge in [-0.1, -0.05) is 5.16 Å². The molecule has 1 N–H and O–H groups in total. The Balaban J connectivity index is 2.03. The van der Waals surface area contributed by atoms with E-state index in [1.807, 2.05) is 0 Å². The van der Waals surface area contributed by atoms with Gasteiger partial charge in [-0.25, -0.2) is 0 Å². The number of rotatable bonds is 5. The van der Waals surface area contributed by atoms with Crippen LogP contribution in [0, 0.1) is 0 Å². The molecular formula is C10H12N2O4. The maximum absolute atomic E-state index is 9.47. The van der Waals surface area contributed by atoms with Crippen LogP contribution in [-0.2, 0) is 11.2 Å². The molecule has 2 rings (SSSR count). The number of nitrogens with zero attached hydrogens (tertiary/aromatic N) is 2. The van der Waals surface area contributed by atoms with Gasteiger partial charge in [0.2, 0.25) is 11.7 Å². The molecule has 2 heterocycles. The molecule has 0 saturated heterocycles. The minimum Gasteiger partial charge on any atom is -0.472 e. The van der Waals surface area contributed by atoms with Crippen LogP contribution < -0.4 is 0 Å². The van der Waals surface area contributed by atoms with Crippen LogP contribution in [0.5, 0.6) is 0 Å². The van der Waals surface area contributed by atoms with Crippen molar-refractivity contribution in [3.63, 3.8) is 0 Å². The van der Waals surface area contributed by atoms with Gasteiger partial charge < -0.3 is 18.8 Å². The van der Waals surface area contributed by atoms with Crippen LogP contribution in [0.3, 0.4) is 0 Å². The molecular weight excluding hydrogens is 212 g/mol. The lowest BCUT2D eigenvalue weighted by Gasteiger charge is -2.04. The van der Waals surface area contributed by atoms with Crippen molar-refractivity contribution in [2.24, 2.45) is 0 Å². The van der Waals surface area contributed by atoms with Gasteiger partial charge in [0.15, 0.2) is 0 Å². The Morgan fingerprint density at radius 1 is 1.56 bits per heavy atom. The standard InChI is InChI=1S/C10H12N2O4/c1-14-6-8(13)4-9-11-10(12-16-9)7-2-3-15-5-7/h2-3,5,8,13H,4,6H2,1H3. The number of hydrogen-bond acceptors (Lipinski definition) is 6. The van der Waals surface area contributed by atoms with Crippen molar-refractivity contribution in [2.45, 2.75) is 12.5 Å². The molecule has 6 nitrogen and oxygen atoms in total. The molecule has 0 aliphatic carbocycles. The third-order valence-electron chi connectivity index (χ3n) is 2.02. The van der Waals surface area contributed by atoms with Crippen molar-refractivity contribution < 1.29 is 18.8 Å². The highest BCUT2D eigenvalue weighted by Gasteiger charge is 2.13. The summed E-state index contributed by atoms with van der Waals surface area (Å²) in [7, 11) is 1.52. The van der Waals surface area contributed by atoms with Gasteiger partial charge in [0, 0.05) is 7.11 Å². The molecule has 0 aliphatic heterocycles. The summed E-state index contributed by atoms with van der Waals surface area (Å²) in [4.78, 5) is 4.12. The van der Waals surface area contributed by atoms with Crippen LogP contribution >= 0.6 is 0 Å². The molecule has 0 bridgehead atoms. The molecule has 0 saturated carbocycles. The Morgan fingerprint density at radius 2 is 2.44 bits per heavy atom. The summed E-state index contributed by atoms with van der Waals surface area (Å²) in [5.41, 5.74) is 0.747. The summed E-state index contributed by atoms with van der Waals surface area (Å²) in [5, 5.41) is 13.2. The first-order valence-corrected chi connectivity index (χ1v) is 4.81. The SMILES string of the molecule is COCC(O)Cc1nc(-c2ccoc2)no1. The zero-order chi connectivity index (χ0) is 11.4. The third-order valence-corrected chi connectivity index (χ3v) is 2.02. The molecule has 6 heteroatoms. The van der Waals surface area contributed by atoms with Gasteiger partial charge in [0.25, 0.3) is 0 Å². The number of aliphatic hydroxyl groups is 1. The number of furan rings is 1. The number of aromatic nitrogens is 2. The topological polar surface area (TPSA) is 81.5 Å². The lowest BCUT2D eigenvalue weighted by Crippen LogP contribution is -2.17. The van der Waals surface area contributed by atoms with Gasteiger partial charge in [0.1, 0.15) is 6.26 Å².